The van der Waals surface area contributed by atoms with Crippen LogP contribution in [0.25, 0.3) is 0 Å². The van der Waals surface area contributed by atoms with Crippen LogP contribution in [0.5, 0.6) is 5.75 Å². The first kappa shape index (κ1) is 16.6. The molecular formula is C21H23N3O2. The zero-order chi connectivity index (χ0) is 17.9. The Balaban J connectivity index is 1.68. The van der Waals surface area contributed by atoms with E-state index in [1.165, 1.54) is 5.56 Å². The van der Waals surface area contributed by atoms with E-state index in [4.69, 9.17) is 9.84 Å². The third-order valence-electron chi connectivity index (χ3n) is 4.85. The SMILES string of the molecule is CCCCN1CC(c2ccccc2)C(c2ccc3c(c2)NC(=O)CO3)=N1. The molecule has 0 radical (unpaired) electrons. The maximum atomic E-state index is 11.6. The third-order valence-corrected chi connectivity index (χ3v) is 4.85. The van der Waals surface area contributed by atoms with Crippen molar-refractivity contribution in [2.75, 3.05) is 25.0 Å². The van der Waals surface area contributed by atoms with Crippen molar-refractivity contribution in [2.45, 2.75) is 25.7 Å². The largest absolute Gasteiger partial charge is 0.482 e. The van der Waals surface area contributed by atoms with Gasteiger partial charge in [-0.3, -0.25) is 9.80 Å². The molecule has 1 amide bonds. The first-order valence-corrected chi connectivity index (χ1v) is 9.20. The summed E-state index contributed by atoms with van der Waals surface area (Å²) in [7, 11) is 0. The highest BCUT2D eigenvalue weighted by atomic mass is 16.5. The average molecular weight is 349 g/mol. The van der Waals surface area contributed by atoms with Crippen LogP contribution >= 0.6 is 0 Å². The predicted molar refractivity (Wildman–Crippen MR) is 103 cm³/mol. The van der Waals surface area contributed by atoms with E-state index in [9.17, 15) is 4.79 Å². The van der Waals surface area contributed by atoms with E-state index in [1.54, 1.807) is 0 Å². The molecule has 2 aromatic carbocycles. The lowest BCUT2D eigenvalue weighted by molar-refractivity contribution is -0.118. The number of carbonyl (C=O) groups excluding carboxylic acids is 1. The lowest BCUT2D eigenvalue weighted by Crippen LogP contribution is -2.25. The molecule has 5 heteroatoms. The number of ether oxygens (including phenoxy) is 1. The molecule has 0 saturated carbocycles. The molecule has 0 aromatic heterocycles. The quantitative estimate of drug-likeness (QED) is 0.897. The fraction of sp³-hybridized carbons (Fsp3) is 0.333. The number of carbonyl (C=O) groups is 1. The molecule has 26 heavy (non-hydrogen) atoms. The van der Waals surface area contributed by atoms with E-state index in [1.807, 2.05) is 24.3 Å². The summed E-state index contributed by atoms with van der Waals surface area (Å²) in [4.78, 5) is 11.6. The number of rotatable bonds is 5. The van der Waals surface area contributed by atoms with E-state index >= 15 is 0 Å². The van der Waals surface area contributed by atoms with Crippen molar-refractivity contribution in [3.8, 4) is 5.75 Å². The molecule has 2 aromatic rings. The highest BCUT2D eigenvalue weighted by Crippen LogP contribution is 2.33. The Bertz CT molecular complexity index is 832. The van der Waals surface area contributed by atoms with Crippen LogP contribution in [0.1, 0.15) is 36.8 Å². The summed E-state index contributed by atoms with van der Waals surface area (Å²) in [5.41, 5.74) is 4.07. The third kappa shape index (κ3) is 3.29. The molecule has 0 saturated heterocycles. The minimum absolute atomic E-state index is 0.0741. The van der Waals surface area contributed by atoms with Gasteiger partial charge in [-0.15, -0.1) is 0 Å². The highest BCUT2D eigenvalue weighted by molar-refractivity contribution is 6.07. The van der Waals surface area contributed by atoms with Crippen molar-refractivity contribution >= 4 is 17.3 Å². The average Bonchev–Trinajstić information content (AvgIpc) is 3.10. The standard InChI is InChI=1S/C21H23N3O2/c1-2-3-11-24-13-17(15-7-5-4-6-8-15)21(23-24)16-9-10-19-18(12-16)22-20(25)14-26-19/h4-10,12,17H,2-3,11,13-14H2,1H3,(H,22,25). The van der Waals surface area contributed by atoms with E-state index in [0.717, 1.165) is 42.9 Å². The molecule has 0 bridgehead atoms. The number of hydrazone groups is 1. The van der Waals surface area contributed by atoms with Gasteiger partial charge in [0, 0.05) is 24.6 Å². The van der Waals surface area contributed by atoms with Gasteiger partial charge in [0.25, 0.3) is 5.91 Å². The first-order chi connectivity index (χ1) is 12.7. The van der Waals surface area contributed by atoms with Crippen molar-refractivity contribution in [3.63, 3.8) is 0 Å². The van der Waals surface area contributed by atoms with Crippen LogP contribution in [-0.4, -0.2) is 36.3 Å². The Labute approximate surface area is 153 Å². The summed E-state index contributed by atoms with van der Waals surface area (Å²) in [5.74, 6) is 0.824. The Morgan fingerprint density at radius 3 is 2.88 bits per heavy atom. The predicted octanol–water partition coefficient (Wildman–Crippen LogP) is 3.62. The van der Waals surface area contributed by atoms with Gasteiger partial charge in [-0.1, -0.05) is 43.7 Å². The molecular weight excluding hydrogens is 326 g/mol. The first-order valence-electron chi connectivity index (χ1n) is 9.20. The van der Waals surface area contributed by atoms with Gasteiger partial charge in [0.05, 0.1) is 11.4 Å². The second-order valence-electron chi connectivity index (χ2n) is 6.76. The number of fused-ring (bicyclic) bond motifs is 1. The second-order valence-corrected chi connectivity index (χ2v) is 6.76. The Morgan fingerprint density at radius 1 is 1.23 bits per heavy atom. The maximum Gasteiger partial charge on any atom is 0.262 e. The van der Waals surface area contributed by atoms with Crippen LogP contribution < -0.4 is 10.1 Å². The van der Waals surface area contributed by atoms with Gasteiger partial charge in [0.1, 0.15) is 5.75 Å². The molecule has 4 rings (SSSR count). The lowest BCUT2D eigenvalue weighted by atomic mass is 9.90. The van der Waals surface area contributed by atoms with Gasteiger partial charge in [-0.2, -0.15) is 5.10 Å². The van der Waals surface area contributed by atoms with Crippen LogP contribution in [0.2, 0.25) is 0 Å². The number of hydrogen-bond acceptors (Lipinski definition) is 4. The van der Waals surface area contributed by atoms with Gasteiger partial charge in [-0.25, -0.2) is 0 Å². The monoisotopic (exact) mass is 349 g/mol. The highest BCUT2D eigenvalue weighted by Gasteiger charge is 2.29. The molecule has 1 atom stereocenters. The Hall–Kier alpha value is -2.82. The van der Waals surface area contributed by atoms with Crippen LogP contribution in [0.3, 0.4) is 0 Å². The number of nitrogens with zero attached hydrogens (tertiary/aromatic N) is 2. The van der Waals surface area contributed by atoms with Gasteiger partial charge in [0.2, 0.25) is 0 Å². The number of benzene rings is 2. The van der Waals surface area contributed by atoms with Crippen molar-refractivity contribution in [1.82, 2.24) is 5.01 Å². The smallest absolute Gasteiger partial charge is 0.262 e. The van der Waals surface area contributed by atoms with Crippen LogP contribution in [-0.2, 0) is 4.79 Å². The number of anilines is 1. The van der Waals surface area contributed by atoms with Crippen LogP contribution in [0, 0.1) is 0 Å². The summed E-state index contributed by atoms with van der Waals surface area (Å²) in [6.07, 6.45) is 2.28. The Morgan fingerprint density at radius 2 is 2.08 bits per heavy atom. The topological polar surface area (TPSA) is 53.9 Å². The molecule has 2 heterocycles. The van der Waals surface area contributed by atoms with Crippen LogP contribution in [0.4, 0.5) is 5.69 Å². The molecule has 134 valence electrons. The number of hydrogen-bond donors (Lipinski definition) is 1. The molecule has 0 aliphatic carbocycles. The molecule has 0 fully saturated rings. The summed E-state index contributed by atoms with van der Waals surface area (Å²) < 4.78 is 5.48. The minimum atomic E-state index is -0.118. The Kier molecular flexibility index (Phi) is 4.61. The fourth-order valence-corrected chi connectivity index (χ4v) is 3.49. The van der Waals surface area contributed by atoms with E-state index < -0.39 is 0 Å². The van der Waals surface area contributed by atoms with Gasteiger partial charge < -0.3 is 10.1 Å². The van der Waals surface area contributed by atoms with Crippen molar-refractivity contribution in [2.24, 2.45) is 5.10 Å². The van der Waals surface area contributed by atoms with E-state index in [0.29, 0.717) is 5.75 Å². The van der Waals surface area contributed by atoms with Crippen molar-refractivity contribution in [1.29, 1.82) is 0 Å². The number of unbranched alkanes of at least 4 members (excludes halogenated alkanes) is 1. The lowest BCUT2D eigenvalue weighted by Gasteiger charge is -2.19. The molecule has 0 spiro atoms. The summed E-state index contributed by atoms with van der Waals surface area (Å²) >= 11 is 0. The number of nitrogens with one attached hydrogen (secondary N) is 1. The molecule has 2 aliphatic heterocycles. The van der Waals surface area contributed by atoms with E-state index in [2.05, 4.69) is 41.5 Å². The molecule has 1 N–H and O–H groups in total. The van der Waals surface area contributed by atoms with Gasteiger partial charge in [0.15, 0.2) is 6.61 Å². The van der Waals surface area contributed by atoms with Gasteiger partial charge in [-0.05, 0) is 30.2 Å². The normalized spacial score (nSPS) is 18.8. The zero-order valence-electron chi connectivity index (χ0n) is 14.9. The number of amides is 1. The minimum Gasteiger partial charge on any atom is -0.482 e. The van der Waals surface area contributed by atoms with Crippen molar-refractivity contribution < 1.29 is 9.53 Å². The van der Waals surface area contributed by atoms with Crippen molar-refractivity contribution in [3.05, 3.63) is 59.7 Å². The molecule has 1 unspecified atom stereocenters. The summed E-state index contributed by atoms with van der Waals surface area (Å²) in [6.45, 7) is 4.12. The summed E-state index contributed by atoms with van der Waals surface area (Å²) in [5, 5.41) is 9.98. The molecule has 5 nitrogen and oxygen atoms in total. The zero-order valence-corrected chi connectivity index (χ0v) is 14.9. The van der Waals surface area contributed by atoms with Crippen LogP contribution in [0.15, 0.2) is 53.6 Å². The second kappa shape index (κ2) is 7.20. The fourth-order valence-electron chi connectivity index (χ4n) is 3.49. The molecule has 2 aliphatic rings. The van der Waals surface area contributed by atoms with E-state index in [-0.39, 0.29) is 18.4 Å². The van der Waals surface area contributed by atoms with Gasteiger partial charge >= 0.3 is 0 Å². The maximum absolute atomic E-state index is 11.6. The summed E-state index contributed by atoms with van der Waals surface area (Å²) in [6, 6.07) is 16.4.